The van der Waals surface area contributed by atoms with Gasteiger partial charge < -0.3 is 19.1 Å². The lowest BCUT2D eigenvalue weighted by atomic mass is 9.78. The molecular formula is C13H20O6. The first-order chi connectivity index (χ1) is 8.80. The molecule has 0 amide bonds. The Bertz CT molecular complexity index is 335. The van der Waals surface area contributed by atoms with Gasteiger partial charge in [0.2, 0.25) is 0 Å². The Hall–Kier alpha value is -1.72. The molecule has 6 heteroatoms. The molecule has 0 aliphatic heterocycles. The molecule has 0 heterocycles. The summed E-state index contributed by atoms with van der Waals surface area (Å²) < 4.78 is 9.28. The van der Waals surface area contributed by atoms with Gasteiger partial charge in [0.15, 0.2) is 5.41 Å². The van der Waals surface area contributed by atoms with Crippen LogP contribution in [0.3, 0.4) is 0 Å². The second kappa shape index (κ2) is 7.66. The van der Waals surface area contributed by atoms with Crippen LogP contribution in [0.5, 0.6) is 0 Å². The van der Waals surface area contributed by atoms with E-state index >= 15 is 0 Å². The molecule has 0 atom stereocenters. The summed E-state index contributed by atoms with van der Waals surface area (Å²) in [4.78, 5) is 46.0. The van der Waals surface area contributed by atoms with E-state index in [2.05, 4.69) is 9.47 Å². The zero-order valence-electron chi connectivity index (χ0n) is 11.8. The maximum Gasteiger partial charge on any atom is 0.323 e. The normalized spacial score (nSPS) is 10.7. The van der Waals surface area contributed by atoms with Gasteiger partial charge in [-0.05, 0) is 26.7 Å². The predicted octanol–water partition coefficient (Wildman–Crippen LogP) is 1.06. The molecule has 0 fully saturated rings. The molecule has 0 aliphatic rings. The number of esters is 2. The third-order valence-electron chi connectivity index (χ3n) is 2.96. The van der Waals surface area contributed by atoms with Crippen LogP contribution in [0, 0.1) is 5.41 Å². The van der Waals surface area contributed by atoms with Crippen molar-refractivity contribution in [1.29, 1.82) is 0 Å². The molecule has 0 bridgehead atoms. The zero-order chi connectivity index (χ0) is 15.1. The summed E-state index contributed by atoms with van der Waals surface area (Å²) in [6.07, 6.45) is 0.0497. The van der Waals surface area contributed by atoms with E-state index in [4.69, 9.17) is 0 Å². The number of methoxy groups -OCH3 is 2. The van der Waals surface area contributed by atoms with Gasteiger partial charge in [0, 0.05) is 12.8 Å². The number of carbonyl (C=O) groups is 4. The molecule has 6 nitrogen and oxygen atoms in total. The van der Waals surface area contributed by atoms with Gasteiger partial charge in [0.05, 0.1) is 14.2 Å². The highest BCUT2D eigenvalue weighted by Gasteiger charge is 2.47. The van der Waals surface area contributed by atoms with Crippen LogP contribution in [-0.2, 0) is 28.7 Å². The fourth-order valence-corrected chi connectivity index (χ4v) is 1.79. The molecule has 0 unspecified atom stereocenters. The topological polar surface area (TPSA) is 86.7 Å². The number of rotatable bonds is 8. The number of ketones is 2. The maximum atomic E-state index is 11.9. The van der Waals surface area contributed by atoms with Crippen LogP contribution in [0.4, 0.5) is 0 Å². The molecule has 0 aromatic heterocycles. The molecule has 0 N–H and O–H groups in total. The predicted molar refractivity (Wildman–Crippen MR) is 66.3 cm³/mol. The fourth-order valence-electron chi connectivity index (χ4n) is 1.79. The molecule has 108 valence electrons. The molecule has 0 rings (SSSR count). The summed E-state index contributed by atoms with van der Waals surface area (Å²) in [6, 6.07) is 0. The van der Waals surface area contributed by atoms with Crippen molar-refractivity contribution in [1.82, 2.24) is 0 Å². The summed E-state index contributed by atoms with van der Waals surface area (Å²) in [6.45, 7) is 2.73. The number of ether oxygens (including phenoxy) is 2. The SMILES string of the molecule is COC(=O)C(CCC(C)=O)(CCC(C)=O)C(=O)OC. The van der Waals surface area contributed by atoms with Crippen LogP contribution in [0.25, 0.3) is 0 Å². The van der Waals surface area contributed by atoms with Crippen molar-refractivity contribution in [3.8, 4) is 0 Å². The third-order valence-corrected chi connectivity index (χ3v) is 2.96. The van der Waals surface area contributed by atoms with Crippen molar-refractivity contribution in [3.63, 3.8) is 0 Å². The molecule has 0 spiro atoms. The molecule has 0 aliphatic carbocycles. The molecule has 0 aromatic rings. The van der Waals surface area contributed by atoms with E-state index in [0.29, 0.717) is 0 Å². The summed E-state index contributed by atoms with van der Waals surface area (Å²) in [5.74, 6) is -1.86. The van der Waals surface area contributed by atoms with Crippen molar-refractivity contribution < 1.29 is 28.7 Å². The minimum atomic E-state index is -1.58. The lowest BCUT2D eigenvalue weighted by Gasteiger charge is -2.27. The van der Waals surface area contributed by atoms with E-state index < -0.39 is 17.4 Å². The number of hydrogen-bond acceptors (Lipinski definition) is 6. The van der Waals surface area contributed by atoms with Crippen LogP contribution in [-0.4, -0.2) is 37.7 Å². The Morgan fingerprint density at radius 2 is 1.11 bits per heavy atom. The van der Waals surface area contributed by atoms with Gasteiger partial charge in [-0.3, -0.25) is 9.59 Å². The summed E-state index contributed by atoms with van der Waals surface area (Å²) >= 11 is 0. The van der Waals surface area contributed by atoms with Crippen LogP contribution in [0.1, 0.15) is 39.5 Å². The zero-order valence-corrected chi connectivity index (χ0v) is 11.8. The van der Waals surface area contributed by atoms with E-state index in [9.17, 15) is 19.2 Å². The fraction of sp³-hybridized carbons (Fsp3) is 0.692. The minimum absolute atomic E-state index is 0.0189. The first kappa shape index (κ1) is 17.3. The summed E-state index contributed by atoms with van der Waals surface area (Å²) in [7, 11) is 2.31. The quantitative estimate of drug-likeness (QED) is 0.485. The first-order valence-corrected chi connectivity index (χ1v) is 5.96. The first-order valence-electron chi connectivity index (χ1n) is 5.96. The summed E-state index contributed by atoms with van der Waals surface area (Å²) in [5, 5.41) is 0. The molecular weight excluding hydrogens is 252 g/mol. The average Bonchev–Trinajstić information content (AvgIpc) is 2.37. The number of Topliss-reactive ketones (excluding diaryl/α,β-unsaturated/α-hetero) is 2. The largest absolute Gasteiger partial charge is 0.468 e. The van der Waals surface area contributed by atoms with Gasteiger partial charge in [-0.25, -0.2) is 0 Å². The molecule has 0 saturated carbocycles. The minimum Gasteiger partial charge on any atom is -0.468 e. The van der Waals surface area contributed by atoms with Crippen LogP contribution >= 0.6 is 0 Å². The molecule has 0 radical (unpaired) electrons. The lowest BCUT2D eigenvalue weighted by molar-refractivity contribution is -0.170. The Kier molecular flexibility index (Phi) is 6.96. The molecule has 0 saturated heterocycles. The van der Waals surface area contributed by atoms with Crippen LogP contribution < -0.4 is 0 Å². The highest BCUT2D eigenvalue weighted by Crippen LogP contribution is 2.33. The van der Waals surface area contributed by atoms with Crippen molar-refractivity contribution >= 4 is 23.5 Å². The Morgan fingerprint density at radius 1 is 0.789 bits per heavy atom. The highest BCUT2D eigenvalue weighted by atomic mass is 16.5. The van der Waals surface area contributed by atoms with Gasteiger partial charge >= 0.3 is 11.9 Å². The van der Waals surface area contributed by atoms with Crippen molar-refractivity contribution in [2.75, 3.05) is 14.2 Å². The Morgan fingerprint density at radius 3 is 1.32 bits per heavy atom. The van der Waals surface area contributed by atoms with E-state index in [0.717, 1.165) is 14.2 Å². The highest BCUT2D eigenvalue weighted by molar-refractivity contribution is 6.00. The Balaban J connectivity index is 5.30. The van der Waals surface area contributed by atoms with E-state index in [-0.39, 0.29) is 37.2 Å². The number of carbonyl (C=O) groups excluding carboxylic acids is 4. The van der Waals surface area contributed by atoms with Crippen molar-refractivity contribution in [2.24, 2.45) is 5.41 Å². The summed E-state index contributed by atoms with van der Waals surface area (Å²) in [5.41, 5.74) is -1.58. The third kappa shape index (κ3) is 4.81. The lowest BCUT2D eigenvalue weighted by Crippen LogP contribution is -2.42. The van der Waals surface area contributed by atoms with E-state index in [1.807, 2.05) is 0 Å². The molecule has 19 heavy (non-hydrogen) atoms. The monoisotopic (exact) mass is 272 g/mol. The van der Waals surface area contributed by atoms with Gasteiger partial charge in [0.25, 0.3) is 0 Å². The maximum absolute atomic E-state index is 11.9. The number of hydrogen-bond donors (Lipinski definition) is 0. The van der Waals surface area contributed by atoms with E-state index in [1.54, 1.807) is 0 Å². The van der Waals surface area contributed by atoms with Crippen molar-refractivity contribution in [3.05, 3.63) is 0 Å². The van der Waals surface area contributed by atoms with Crippen LogP contribution in [0.15, 0.2) is 0 Å². The van der Waals surface area contributed by atoms with Gasteiger partial charge in [-0.2, -0.15) is 0 Å². The second-order valence-corrected chi connectivity index (χ2v) is 4.47. The van der Waals surface area contributed by atoms with Crippen molar-refractivity contribution in [2.45, 2.75) is 39.5 Å². The smallest absolute Gasteiger partial charge is 0.323 e. The van der Waals surface area contributed by atoms with Gasteiger partial charge in [0.1, 0.15) is 11.6 Å². The van der Waals surface area contributed by atoms with E-state index in [1.165, 1.54) is 13.8 Å². The average molecular weight is 272 g/mol. The van der Waals surface area contributed by atoms with Gasteiger partial charge in [-0.15, -0.1) is 0 Å². The van der Waals surface area contributed by atoms with Crippen LogP contribution in [0.2, 0.25) is 0 Å². The Labute approximate surface area is 112 Å². The standard InChI is InChI=1S/C13H20O6/c1-9(14)5-7-13(11(16)18-3,12(17)19-4)8-6-10(2)15/h5-8H2,1-4H3. The second-order valence-electron chi connectivity index (χ2n) is 4.47. The van der Waals surface area contributed by atoms with Gasteiger partial charge in [-0.1, -0.05) is 0 Å². The molecule has 0 aromatic carbocycles.